The molecule has 1 saturated heterocycles. The molecule has 25 heavy (non-hydrogen) atoms. The van der Waals surface area contributed by atoms with E-state index in [1.807, 2.05) is 32.9 Å². The fourth-order valence-electron chi connectivity index (χ4n) is 3.62. The van der Waals surface area contributed by atoms with Gasteiger partial charge >= 0.3 is 5.97 Å². The van der Waals surface area contributed by atoms with Crippen LogP contribution in [0.1, 0.15) is 40.7 Å². The standard InChI is InChI=1S/C19H23N3O3/c1-11-7-12(2)9-15(8-11)22-13(3)10-17(20-22)18(23)21-6-5-16(14(21)4)19(24)25/h7-10,14,16H,5-6H2,1-4H3,(H,24,25). The zero-order valence-corrected chi connectivity index (χ0v) is 15.0. The van der Waals surface area contributed by atoms with E-state index < -0.39 is 11.9 Å². The summed E-state index contributed by atoms with van der Waals surface area (Å²) >= 11 is 0. The smallest absolute Gasteiger partial charge is 0.308 e. The molecule has 6 heteroatoms. The number of aromatic nitrogens is 2. The lowest BCUT2D eigenvalue weighted by molar-refractivity contribution is -0.142. The van der Waals surface area contributed by atoms with E-state index in [4.69, 9.17) is 0 Å². The topological polar surface area (TPSA) is 75.4 Å². The summed E-state index contributed by atoms with van der Waals surface area (Å²) in [6, 6.07) is 7.59. The van der Waals surface area contributed by atoms with Crippen LogP contribution in [0.25, 0.3) is 5.69 Å². The SMILES string of the molecule is Cc1cc(C)cc(-n2nc(C(=O)N3CCC(C(=O)O)C3C)cc2C)c1. The third-order valence-corrected chi connectivity index (χ3v) is 4.89. The van der Waals surface area contributed by atoms with Gasteiger partial charge in [0.05, 0.1) is 11.6 Å². The van der Waals surface area contributed by atoms with Crippen LogP contribution in [0.2, 0.25) is 0 Å². The van der Waals surface area contributed by atoms with Crippen LogP contribution in [0.5, 0.6) is 0 Å². The van der Waals surface area contributed by atoms with Crippen molar-refractivity contribution in [1.29, 1.82) is 0 Å². The Balaban J connectivity index is 1.90. The molecule has 1 aromatic heterocycles. The molecule has 2 unspecified atom stereocenters. The Morgan fingerprint density at radius 3 is 2.32 bits per heavy atom. The van der Waals surface area contributed by atoms with Gasteiger partial charge in [-0.1, -0.05) is 6.07 Å². The van der Waals surface area contributed by atoms with E-state index in [1.54, 1.807) is 22.6 Å². The van der Waals surface area contributed by atoms with Crippen molar-refractivity contribution in [2.24, 2.45) is 5.92 Å². The summed E-state index contributed by atoms with van der Waals surface area (Å²) < 4.78 is 1.77. The molecule has 1 aromatic carbocycles. The molecule has 1 fully saturated rings. The van der Waals surface area contributed by atoms with E-state index >= 15 is 0 Å². The number of amides is 1. The van der Waals surface area contributed by atoms with Crippen LogP contribution in [-0.2, 0) is 4.79 Å². The Morgan fingerprint density at radius 2 is 1.76 bits per heavy atom. The zero-order chi connectivity index (χ0) is 18.3. The lowest BCUT2D eigenvalue weighted by atomic mass is 10.0. The average Bonchev–Trinajstić information content (AvgIpc) is 3.09. The van der Waals surface area contributed by atoms with Crippen molar-refractivity contribution in [3.8, 4) is 5.69 Å². The first-order chi connectivity index (χ1) is 11.8. The van der Waals surface area contributed by atoms with Gasteiger partial charge in [0.15, 0.2) is 5.69 Å². The molecule has 2 aromatic rings. The molecule has 0 bridgehead atoms. The van der Waals surface area contributed by atoms with E-state index in [2.05, 4.69) is 11.2 Å². The number of hydrogen-bond acceptors (Lipinski definition) is 3. The quantitative estimate of drug-likeness (QED) is 0.931. The van der Waals surface area contributed by atoms with Crippen LogP contribution in [0.4, 0.5) is 0 Å². The Kier molecular flexibility index (Phi) is 4.37. The summed E-state index contributed by atoms with van der Waals surface area (Å²) in [7, 11) is 0. The highest BCUT2D eigenvalue weighted by atomic mass is 16.4. The van der Waals surface area contributed by atoms with Crippen LogP contribution >= 0.6 is 0 Å². The number of aryl methyl sites for hydroxylation is 3. The average molecular weight is 341 g/mol. The van der Waals surface area contributed by atoms with Crippen LogP contribution in [0.3, 0.4) is 0 Å². The first-order valence-electron chi connectivity index (χ1n) is 8.47. The maximum atomic E-state index is 12.8. The number of likely N-dealkylation sites (tertiary alicyclic amines) is 1. The second-order valence-electron chi connectivity index (χ2n) is 6.90. The minimum Gasteiger partial charge on any atom is -0.481 e. The van der Waals surface area contributed by atoms with Crippen LogP contribution in [-0.4, -0.2) is 44.3 Å². The Bertz CT molecular complexity index is 820. The molecule has 0 spiro atoms. The second kappa shape index (κ2) is 6.35. The van der Waals surface area contributed by atoms with E-state index in [0.29, 0.717) is 18.7 Å². The fraction of sp³-hybridized carbons (Fsp3) is 0.421. The predicted molar refractivity (Wildman–Crippen MR) is 94.0 cm³/mol. The molecule has 6 nitrogen and oxygen atoms in total. The summed E-state index contributed by atoms with van der Waals surface area (Å²) in [5.41, 5.74) is 4.42. The van der Waals surface area contributed by atoms with E-state index in [9.17, 15) is 14.7 Å². The molecule has 1 amide bonds. The summed E-state index contributed by atoms with van der Waals surface area (Å²) in [5, 5.41) is 13.7. The number of carboxylic acids is 1. The van der Waals surface area contributed by atoms with E-state index in [0.717, 1.165) is 22.5 Å². The Morgan fingerprint density at radius 1 is 1.12 bits per heavy atom. The summed E-state index contributed by atoms with van der Waals surface area (Å²) in [5.74, 6) is -1.56. The largest absolute Gasteiger partial charge is 0.481 e. The maximum Gasteiger partial charge on any atom is 0.308 e. The van der Waals surface area contributed by atoms with Crippen molar-refractivity contribution in [3.05, 3.63) is 46.8 Å². The Hall–Kier alpha value is -2.63. The predicted octanol–water partition coefficient (Wildman–Crippen LogP) is 2.73. The summed E-state index contributed by atoms with van der Waals surface area (Å²) in [6.45, 7) is 8.21. The number of carboxylic acid groups (broad SMARTS) is 1. The molecule has 0 aliphatic carbocycles. The molecule has 1 aliphatic rings. The summed E-state index contributed by atoms with van der Waals surface area (Å²) in [6.07, 6.45) is 0.485. The lowest BCUT2D eigenvalue weighted by Gasteiger charge is -2.22. The van der Waals surface area contributed by atoms with Gasteiger partial charge in [-0.15, -0.1) is 0 Å². The van der Waals surface area contributed by atoms with Gasteiger partial charge < -0.3 is 10.0 Å². The summed E-state index contributed by atoms with van der Waals surface area (Å²) in [4.78, 5) is 25.7. The molecular formula is C19H23N3O3. The monoisotopic (exact) mass is 341 g/mol. The van der Waals surface area contributed by atoms with Crippen molar-refractivity contribution >= 4 is 11.9 Å². The van der Waals surface area contributed by atoms with Gasteiger partial charge in [0.25, 0.3) is 5.91 Å². The van der Waals surface area contributed by atoms with Gasteiger partial charge in [-0.2, -0.15) is 5.10 Å². The van der Waals surface area contributed by atoms with Crippen molar-refractivity contribution in [2.45, 2.75) is 40.2 Å². The minimum atomic E-state index is -0.847. The molecule has 3 rings (SSSR count). The molecule has 132 valence electrons. The van der Waals surface area contributed by atoms with Gasteiger partial charge in [-0.05, 0) is 63.4 Å². The molecule has 0 saturated carbocycles. The fourth-order valence-corrected chi connectivity index (χ4v) is 3.62. The number of rotatable bonds is 3. The van der Waals surface area contributed by atoms with E-state index in [1.165, 1.54) is 0 Å². The highest BCUT2D eigenvalue weighted by Gasteiger charge is 2.39. The second-order valence-corrected chi connectivity index (χ2v) is 6.90. The van der Waals surface area contributed by atoms with Crippen molar-refractivity contribution < 1.29 is 14.7 Å². The highest BCUT2D eigenvalue weighted by Crippen LogP contribution is 2.26. The van der Waals surface area contributed by atoms with Gasteiger partial charge in [-0.3, -0.25) is 9.59 Å². The van der Waals surface area contributed by atoms with Gasteiger partial charge in [0.1, 0.15) is 0 Å². The third kappa shape index (κ3) is 3.16. The number of aliphatic carboxylic acids is 1. The molecular weight excluding hydrogens is 318 g/mol. The molecule has 2 atom stereocenters. The minimum absolute atomic E-state index is 0.206. The van der Waals surface area contributed by atoms with Gasteiger partial charge in [-0.25, -0.2) is 4.68 Å². The molecule has 1 N–H and O–H groups in total. The highest BCUT2D eigenvalue weighted by molar-refractivity contribution is 5.93. The first-order valence-corrected chi connectivity index (χ1v) is 8.47. The molecule has 0 radical (unpaired) electrons. The number of carbonyl (C=O) groups is 2. The van der Waals surface area contributed by atoms with Crippen LogP contribution < -0.4 is 0 Å². The van der Waals surface area contributed by atoms with Crippen molar-refractivity contribution in [1.82, 2.24) is 14.7 Å². The molecule has 2 heterocycles. The normalized spacial score (nSPS) is 20.1. The Labute approximate surface area is 147 Å². The maximum absolute atomic E-state index is 12.8. The number of hydrogen-bond donors (Lipinski definition) is 1. The van der Waals surface area contributed by atoms with Crippen LogP contribution in [0.15, 0.2) is 24.3 Å². The third-order valence-electron chi connectivity index (χ3n) is 4.89. The zero-order valence-electron chi connectivity index (χ0n) is 15.0. The number of benzene rings is 1. The van der Waals surface area contributed by atoms with E-state index in [-0.39, 0.29) is 11.9 Å². The van der Waals surface area contributed by atoms with Gasteiger partial charge in [0.2, 0.25) is 0 Å². The first kappa shape index (κ1) is 17.2. The van der Waals surface area contributed by atoms with Crippen molar-refractivity contribution in [2.75, 3.05) is 6.54 Å². The lowest BCUT2D eigenvalue weighted by Crippen LogP contribution is -2.37. The van der Waals surface area contributed by atoms with Gasteiger partial charge in [0, 0.05) is 18.3 Å². The number of nitrogens with zero attached hydrogens (tertiary/aromatic N) is 3. The molecule has 1 aliphatic heterocycles. The van der Waals surface area contributed by atoms with Crippen molar-refractivity contribution in [3.63, 3.8) is 0 Å². The number of carbonyl (C=O) groups excluding carboxylic acids is 1. The van der Waals surface area contributed by atoms with Crippen LogP contribution in [0, 0.1) is 26.7 Å².